The first-order valence-corrected chi connectivity index (χ1v) is 9.28. The molecule has 0 bridgehead atoms. The number of ether oxygens (including phenoxy) is 2. The van der Waals surface area contributed by atoms with Crippen molar-refractivity contribution in [2.45, 2.75) is 32.3 Å². The predicted molar refractivity (Wildman–Crippen MR) is 106 cm³/mol. The van der Waals surface area contributed by atoms with E-state index in [2.05, 4.69) is 5.32 Å². The number of carbonyl (C=O) groups is 2. The van der Waals surface area contributed by atoms with Crippen LogP contribution in [0, 0.1) is 11.2 Å². The number of carbonyl (C=O) groups excluding carboxylic acids is 2. The summed E-state index contributed by atoms with van der Waals surface area (Å²) in [7, 11) is 0. The Bertz CT molecular complexity index is 961. The molecule has 2 aromatic carbocycles. The van der Waals surface area contributed by atoms with Crippen molar-refractivity contribution < 1.29 is 23.5 Å². The molecule has 4 N–H and O–H groups in total. The lowest BCUT2D eigenvalue weighted by Gasteiger charge is -2.26. The zero-order valence-electron chi connectivity index (χ0n) is 16.0. The van der Waals surface area contributed by atoms with E-state index >= 15 is 0 Å². The van der Waals surface area contributed by atoms with Crippen LogP contribution in [0.3, 0.4) is 0 Å². The molecule has 1 aliphatic rings. The molecule has 0 radical (unpaired) electrons. The topological polar surface area (TPSA) is 114 Å². The van der Waals surface area contributed by atoms with Gasteiger partial charge in [0.05, 0.1) is 18.6 Å². The summed E-state index contributed by atoms with van der Waals surface area (Å²) in [5.74, 6) is -1.26. The molecule has 7 nitrogen and oxygen atoms in total. The predicted octanol–water partition coefficient (Wildman–Crippen LogP) is 3.01. The Morgan fingerprint density at radius 2 is 2.10 bits per heavy atom. The average molecular weight is 399 g/mol. The summed E-state index contributed by atoms with van der Waals surface area (Å²) in [6.07, 6.45) is 1.30. The van der Waals surface area contributed by atoms with Gasteiger partial charge in [-0.05, 0) is 55.7 Å². The lowest BCUT2D eigenvalue weighted by molar-refractivity contribution is -0.145. The summed E-state index contributed by atoms with van der Waals surface area (Å²) < 4.78 is 25.0. The van der Waals surface area contributed by atoms with Gasteiger partial charge in [-0.1, -0.05) is 6.07 Å². The van der Waals surface area contributed by atoms with E-state index in [0.717, 1.165) is 11.6 Å². The van der Waals surface area contributed by atoms with E-state index in [1.54, 1.807) is 25.1 Å². The van der Waals surface area contributed by atoms with E-state index in [0.29, 0.717) is 30.9 Å². The van der Waals surface area contributed by atoms with E-state index < -0.39 is 11.7 Å². The summed E-state index contributed by atoms with van der Waals surface area (Å²) in [5.41, 5.74) is 6.81. The van der Waals surface area contributed by atoms with E-state index in [1.165, 1.54) is 12.1 Å². The van der Waals surface area contributed by atoms with Crippen LogP contribution in [0.15, 0.2) is 36.4 Å². The molecular weight excluding hydrogens is 377 g/mol. The smallest absolute Gasteiger partial charge is 0.309 e. The van der Waals surface area contributed by atoms with Gasteiger partial charge in [-0.15, -0.1) is 0 Å². The largest absolute Gasteiger partial charge is 0.490 e. The van der Waals surface area contributed by atoms with E-state index in [9.17, 15) is 14.0 Å². The summed E-state index contributed by atoms with van der Waals surface area (Å²) in [5, 5.41) is 9.99. The van der Waals surface area contributed by atoms with Gasteiger partial charge in [0.2, 0.25) is 0 Å². The molecule has 1 aliphatic heterocycles. The summed E-state index contributed by atoms with van der Waals surface area (Å²) >= 11 is 0. The van der Waals surface area contributed by atoms with Crippen molar-refractivity contribution in [1.29, 1.82) is 5.41 Å². The highest BCUT2D eigenvalue weighted by Crippen LogP contribution is 2.31. The maximum atomic E-state index is 14.2. The number of rotatable bonds is 6. The van der Waals surface area contributed by atoms with E-state index in [1.807, 2.05) is 0 Å². The normalized spacial score (nSPS) is 15.0. The Balaban J connectivity index is 1.67. The standard InChI is InChI=1S/C21H22FN3O4/c1-2-28-19(26)11-15-6-3-12-9-14(5-8-18(12)29-15)25-21(27)16-7-4-13(20(23)24)10-17(16)22/h4-5,7-10,15H,2-3,6,11H2,1H3,(H3,23,24)(H,25,27)/t15-/m1/s1. The van der Waals surface area contributed by atoms with Crippen LogP contribution in [0.1, 0.15) is 41.3 Å². The Morgan fingerprint density at radius 1 is 1.31 bits per heavy atom. The number of amides is 1. The number of hydrogen-bond donors (Lipinski definition) is 3. The molecule has 0 saturated carbocycles. The third-order valence-electron chi connectivity index (χ3n) is 4.57. The van der Waals surface area contributed by atoms with Gasteiger partial charge >= 0.3 is 5.97 Å². The molecule has 29 heavy (non-hydrogen) atoms. The van der Waals surface area contributed by atoms with Gasteiger partial charge in [-0.25, -0.2) is 4.39 Å². The molecule has 1 amide bonds. The molecule has 3 rings (SSSR count). The minimum absolute atomic E-state index is 0.140. The Hall–Kier alpha value is -3.42. The Labute approximate surface area is 167 Å². The number of nitrogen functional groups attached to an aromatic ring is 1. The highest BCUT2D eigenvalue weighted by Gasteiger charge is 2.23. The zero-order chi connectivity index (χ0) is 21.0. The van der Waals surface area contributed by atoms with Crippen molar-refractivity contribution in [2.24, 2.45) is 5.73 Å². The molecule has 0 aromatic heterocycles. The van der Waals surface area contributed by atoms with Crippen molar-refractivity contribution in [3.05, 3.63) is 58.9 Å². The third kappa shape index (κ3) is 4.90. The number of benzene rings is 2. The number of esters is 1. The molecule has 2 aromatic rings. The minimum atomic E-state index is -0.752. The third-order valence-corrected chi connectivity index (χ3v) is 4.57. The Kier molecular flexibility index (Phi) is 6.11. The SMILES string of the molecule is CCOC(=O)C[C@H]1CCc2cc(NC(=O)c3ccc(C(=N)N)cc3F)ccc2O1. The second-order valence-corrected chi connectivity index (χ2v) is 6.67. The van der Waals surface area contributed by atoms with Crippen molar-refractivity contribution in [3.8, 4) is 5.75 Å². The van der Waals surface area contributed by atoms with Crippen LogP contribution in [0.25, 0.3) is 0 Å². The minimum Gasteiger partial charge on any atom is -0.490 e. The number of amidine groups is 1. The number of halogens is 1. The molecule has 0 fully saturated rings. The van der Waals surface area contributed by atoms with Gasteiger partial charge in [0.25, 0.3) is 5.91 Å². The van der Waals surface area contributed by atoms with Gasteiger partial charge in [0, 0.05) is 11.3 Å². The summed E-state index contributed by atoms with van der Waals surface area (Å²) in [6.45, 7) is 2.09. The van der Waals surface area contributed by atoms with Crippen LogP contribution in [0.5, 0.6) is 5.75 Å². The van der Waals surface area contributed by atoms with Gasteiger partial charge < -0.3 is 20.5 Å². The highest BCUT2D eigenvalue weighted by atomic mass is 19.1. The lowest BCUT2D eigenvalue weighted by Crippen LogP contribution is -2.26. The first-order chi connectivity index (χ1) is 13.9. The fraction of sp³-hybridized carbons (Fsp3) is 0.286. The molecule has 0 saturated heterocycles. The number of hydrogen-bond acceptors (Lipinski definition) is 5. The van der Waals surface area contributed by atoms with Crippen LogP contribution in [0.4, 0.5) is 10.1 Å². The molecule has 0 spiro atoms. The molecule has 152 valence electrons. The van der Waals surface area contributed by atoms with Gasteiger partial charge in [-0.2, -0.15) is 0 Å². The quantitative estimate of drug-likeness (QED) is 0.392. The highest BCUT2D eigenvalue weighted by molar-refractivity contribution is 6.05. The molecule has 8 heteroatoms. The van der Waals surface area contributed by atoms with Crippen LogP contribution in [-0.2, 0) is 16.0 Å². The fourth-order valence-corrected chi connectivity index (χ4v) is 3.14. The van der Waals surface area contributed by atoms with Crippen molar-refractivity contribution >= 4 is 23.4 Å². The van der Waals surface area contributed by atoms with Gasteiger partial charge in [0.15, 0.2) is 0 Å². The summed E-state index contributed by atoms with van der Waals surface area (Å²) in [6, 6.07) is 8.92. The number of nitrogens with two attached hydrogens (primary N) is 1. The number of nitrogens with one attached hydrogen (secondary N) is 2. The monoisotopic (exact) mass is 399 g/mol. The number of anilines is 1. The van der Waals surface area contributed by atoms with Crippen LogP contribution >= 0.6 is 0 Å². The number of fused-ring (bicyclic) bond motifs is 1. The summed E-state index contributed by atoms with van der Waals surface area (Å²) in [4.78, 5) is 24.0. The van der Waals surface area contributed by atoms with Crippen molar-refractivity contribution in [3.63, 3.8) is 0 Å². The molecule has 1 atom stereocenters. The maximum Gasteiger partial charge on any atom is 0.309 e. The lowest BCUT2D eigenvalue weighted by atomic mass is 10.00. The van der Waals surface area contributed by atoms with Crippen LogP contribution < -0.4 is 15.8 Å². The van der Waals surface area contributed by atoms with Crippen molar-refractivity contribution in [2.75, 3.05) is 11.9 Å². The second-order valence-electron chi connectivity index (χ2n) is 6.67. The second kappa shape index (κ2) is 8.72. The Morgan fingerprint density at radius 3 is 2.79 bits per heavy atom. The molecule has 0 aliphatic carbocycles. The van der Waals surface area contributed by atoms with Crippen LogP contribution in [-0.4, -0.2) is 30.4 Å². The number of aryl methyl sites for hydroxylation is 1. The zero-order valence-corrected chi connectivity index (χ0v) is 16.0. The van der Waals surface area contributed by atoms with E-state index in [4.69, 9.17) is 20.6 Å². The van der Waals surface area contributed by atoms with E-state index in [-0.39, 0.29) is 35.5 Å². The van der Waals surface area contributed by atoms with Gasteiger partial charge in [-0.3, -0.25) is 15.0 Å². The van der Waals surface area contributed by atoms with Gasteiger partial charge in [0.1, 0.15) is 23.5 Å². The maximum absolute atomic E-state index is 14.2. The fourth-order valence-electron chi connectivity index (χ4n) is 3.14. The van der Waals surface area contributed by atoms with Crippen LogP contribution in [0.2, 0.25) is 0 Å². The molecule has 0 unspecified atom stereocenters. The van der Waals surface area contributed by atoms with Crippen molar-refractivity contribution in [1.82, 2.24) is 0 Å². The molecule has 1 heterocycles. The average Bonchev–Trinajstić information content (AvgIpc) is 2.68. The molecular formula is C21H22FN3O4. The first-order valence-electron chi connectivity index (χ1n) is 9.28. The first kappa shape index (κ1) is 20.3.